The molecule has 0 saturated carbocycles. The van der Waals surface area contributed by atoms with Gasteiger partial charge in [0, 0.05) is 67.6 Å². The smallest absolute Gasteiger partial charge is 0.0558 e. The molecule has 1 fully saturated rings. The largest absolute Gasteiger partial charge is 0.395 e. The SMILES string of the molecule is OCCN1CCN(CCn2c3ccccc3c3ccccc32)CC1. The first-order valence-electron chi connectivity index (χ1n) is 8.88. The second kappa shape index (κ2) is 6.93. The van der Waals surface area contributed by atoms with Gasteiger partial charge < -0.3 is 9.67 Å². The van der Waals surface area contributed by atoms with E-state index >= 15 is 0 Å². The van der Waals surface area contributed by atoms with Crippen molar-refractivity contribution < 1.29 is 5.11 Å². The molecule has 4 rings (SSSR count). The second-order valence-electron chi connectivity index (χ2n) is 6.59. The first-order valence-corrected chi connectivity index (χ1v) is 8.88. The highest BCUT2D eigenvalue weighted by molar-refractivity contribution is 6.07. The van der Waals surface area contributed by atoms with Crippen LogP contribution in [-0.4, -0.2) is 65.3 Å². The van der Waals surface area contributed by atoms with Crippen LogP contribution in [-0.2, 0) is 6.54 Å². The first-order chi connectivity index (χ1) is 11.9. The van der Waals surface area contributed by atoms with Crippen molar-refractivity contribution >= 4 is 21.8 Å². The van der Waals surface area contributed by atoms with Gasteiger partial charge in [-0.2, -0.15) is 0 Å². The molecule has 3 aromatic rings. The van der Waals surface area contributed by atoms with E-state index in [9.17, 15) is 0 Å². The molecule has 0 unspecified atom stereocenters. The maximum absolute atomic E-state index is 9.06. The molecule has 0 radical (unpaired) electrons. The molecule has 1 aromatic heterocycles. The monoisotopic (exact) mass is 323 g/mol. The average Bonchev–Trinajstić information content (AvgIpc) is 2.96. The lowest BCUT2D eigenvalue weighted by atomic mass is 10.2. The number of aromatic nitrogens is 1. The molecule has 0 atom stereocenters. The fourth-order valence-electron chi connectivity index (χ4n) is 3.86. The summed E-state index contributed by atoms with van der Waals surface area (Å²) in [6.45, 7) is 7.49. The minimum Gasteiger partial charge on any atom is -0.395 e. The quantitative estimate of drug-likeness (QED) is 0.782. The van der Waals surface area contributed by atoms with Crippen LogP contribution in [0.25, 0.3) is 21.8 Å². The third kappa shape index (κ3) is 2.93. The third-order valence-corrected chi connectivity index (χ3v) is 5.20. The Bertz CT molecular complexity index is 765. The van der Waals surface area contributed by atoms with Crippen molar-refractivity contribution in [1.82, 2.24) is 14.4 Å². The van der Waals surface area contributed by atoms with E-state index in [0.29, 0.717) is 0 Å². The molecule has 1 N–H and O–H groups in total. The molecule has 24 heavy (non-hydrogen) atoms. The van der Waals surface area contributed by atoms with E-state index in [1.165, 1.54) is 21.8 Å². The van der Waals surface area contributed by atoms with Crippen molar-refractivity contribution in [1.29, 1.82) is 0 Å². The molecule has 126 valence electrons. The molecule has 1 aliphatic rings. The standard InChI is InChI=1S/C20H25N3O/c24-16-15-22-11-9-21(10-12-22)13-14-23-19-7-3-1-5-17(19)18-6-2-4-8-20(18)23/h1-8,24H,9-16H2. The Kier molecular flexibility index (Phi) is 4.52. The summed E-state index contributed by atoms with van der Waals surface area (Å²) in [4.78, 5) is 4.88. The lowest BCUT2D eigenvalue weighted by Crippen LogP contribution is -2.47. The maximum atomic E-state index is 9.06. The van der Waals surface area contributed by atoms with Gasteiger partial charge in [-0.15, -0.1) is 0 Å². The van der Waals surface area contributed by atoms with E-state index < -0.39 is 0 Å². The van der Waals surface area contributed by atoms with Gasteiger partial charge in [-0.1, -0.05) is 36.4 Å². The summed E-state index contributed by atoms with van der Waals surface area (Å²) in [6, 6.07) is 17.4. The van der Waals surface area contributed by atoms with Gasteiger partial charge in [-0.05, 0) is 12.1 Å². The fourth-order valence-corrected chi connectivity index (χ4v) is 3.86. The number of para-hydroxylation sites is 2. The van der Waals surface area contributed by atoms with E-state index in [1.807, 2.05) is 0 Å². The Balaban J connectivity index is 1.52. The van der Waals surface area contributed by atoms with Crippen molar-refractivity contribution in [3.05, 3.63) is 48.5 Å². The van der Waals surface area contributed by atoms with Crippen LogP contribution in [0.5, 0.6) is 0 Å². The van der Waals surface area contributed by atoms with Crippen LogP contribution in [0.4, 0.5) is 0 Å². The van der Waals surface area contributed by atoms with Crippen molar-refractivity contribution in [2.75, 3.05) is 45.9 Å². The molecule has 4 heteroatoms. The fraction of sp³-hybridized carbons (Fsp3) is 0.400. The number of benzene rings is 2. The number of aliphatic hydroxyl groups is 1. The van der Waals surface area contributed by atoms with Crippen LogP contribution in [0, 0.1) is 0 Å². The molecule has 0 amide bonds. The molecule has 0 aliphatic carbocycles. The van der Waals surface area contributed by atoms with Crippen LogP contribution in [0.15, 0.2) is 48.5 Å². The van der Waals surface area contributed by atoms with Crippen molar-refractivity contribution in [3.8, 4) is 0 Å². The number of rotatable bonds is 5. The van der Waals surface area contributed by atoms with E-state index in [1.54, 1.807) is 0 Å². The van der Waals surface area contributed by atoms with Gasteiger partial charge in [0.2, 0.25) is 0 Å². The second-order valence-corrected chi connectivity index (χ2v) is 6.59. The van der Waals surface area contributed by atoms with Crippen LogP contribution < -0.4 is 0 Å². The Morgan fingerprint density at radius 2 is 1.17 bits per heavy atom. The average molecular weight is 323 g/mol. The van der Waals surface area contributed by atoms with E-state index in [4.69, 9.17) is 5.11 Å². The van der Waals surface area contributed by atoms with E-state index in [-0.39, 0.29) is 6.61 Å². The molecule has 1 saturated heterocycles. The first kappa shape index (κ1) is 15.6. The molecule has 0 bridgehead atoms. The molecule has 0 spiro atoms. The highest BCUT2D eigenvalue weighted by Gasteiger charge is 2.17. The van der Waals surface area contributed by atoms with Crippen LogP contribution >= 0.6 is 0 Å². The van der Waals surface area contributed by atoms with Crippen molar-refractivity contribution in [3.63, 3.8) is 0 Å². The maximum Gasteiger partial charge on any atom is 0.0558 e. The van der Waals surface area contributed by atoms with Gasteiger partial charge in [0.15, 0.2) is 0 Å². The summed E-state index contributed by atoms with van der Waals surface area (Å²) in [5.41, 5.74) is 2.66. The number of hydrogen-bond donors (Lipinski definition) is 1. The number of hydrogen-bond acceptors (Lipinski definition) is 3. The highest BCUT2D eigenvalue weighted by Crippen LogP contribution is 2.28. The van der Waals surface area contributed by atoms with Crippen LogP contribution in [0.3, 0.4) is 0 Å². The molecule has 2 heterocycles. The molecule has 1 aliphatic heterocycles. The topological polar surface area (TPSA) is 31.6 Å². The predicted molar refractivity (Wildman–Crippen MR) is 99.4 cm³/mol. The zero-order chi connectivity index (χ0) is 16.4. The number of β-amino-alcohol motifs (C(OH)–C–C–N with tert-alkyl or cyclic N) is 1. The third-order valence-electron chi connectivity index (χ3n) is 5.20. The summed E-state index contributed by atoms with van der Waals surface area (Å²) in [5, 5.41) is 11.8. The van der Waals surface area contributed by atoms with E-state index in [0.717, 1.165) is 45.8 Å². The highest BCUT2D eigenvalue weighted by atomic mass is 16.3. The minimum absolute atomic E-state index is 0.265. The normalized spacial score (nSPS) is 17.0. The van der Waals surface area contributed by atoms with Gasteiger partial charge in [-0.25, -0.2) is 0 Å². The Morgan fingerprint density at radius 3 is 1.71 bits per heavy atom. The summed E-state index contributed by atoms with van der Waals surface area (Å²) < 4.78 is 2.46. The Morgan fingerprint density at radius 1 is 0.667 bits per heavy atom. The van der Waals surface area contributed by atoms with Crippen molar-refractivity contribution in [2.24, 2.45) is 0 Å². The molecular formula is C20H25N3O. The van der Waals surface area contributed by atoms with Crippen LogP contribution in [0.2, 0.25) is 0 Å². The summed E-state index contributed by atoms with van der Waals surface area (Å²) >= 11 is 0. The summed E-state index contributed by atoms with van der Waals surface area (Å²) in [7, 11) is 0. The molecule has 4 nitrogen and oxygen atoms in total. The van der Waals surface area contributed by atoms with E-state index in [2.05, 4.69) is 62.9 Å². The zero-order valence-electron chi connectivity index (χ0n) is 14.1. The van der Waals surface area contributed by atoms with Gasteiger partial charge in [0.25, 0.3) is 0 Å². The summed E-state index contributed by atoms with van der Waals surface area (Å²) in [6.07, 6.45) is 0. The molecule has 2 aromatic carbocycles. The van der Waals surface area contributed by atoms with Crippen molar-refractivity contribution in [2.45, 2.75) is 6.54 Å². The zero-order valence-corrected chi connectivity index (χ0v) is 14.1. The summed E-state index contributed by atoms with van der Waals surface area (Å²) in [5.74, 6) is 0. The Hall–Kier alpha value is -1.88. The van der Waals surface area contributed by atoms with Gasteiger partial charge in [0.05, 0.1) is 6.61 Å². The van der Waals surface area contributed by atoms with Gasteiger partial charge in [-0.3, -0.25) is 9.80 Å². The lowest BCUT2D eigenvalue weighted by molar-refractivity contribution is 0.111. The minimum atomic E-state index is 0.265. The number of aliphatic hydroxyl groups excluding tert-OH is 1. The predicted octanol–water partition coefficient (Wildman–Crippen LogP) is 2.40. The number of fused-ring (bicyclic) bond motifs is 3. The Labute approximate surface area is 142 Å². The van der Waals surface area contributed by atoms with Crippen LogP contribution in [0.1, 0.15) is 0 Å². The number of nitrogens with zero attached hydrogens (tertiary/aromatic N) is 3. The van der Waals surface area contributed by atoms with Gasteiger partial charge in [0.1, 0.15) is 0 Å². The lowest BCUT2D eigenvalue weighted by Gasteiger charge is -2.34. The van der Waals surface area contributed by atoms with Gasteiger partial charge >= 0.3 is 0 Å². The number of piperazine rings is 1. The molecular weight excluding hydrogens is 298 g/mol.